The summed E-state index contributed by atoms with van der Waals surface area (Å²) in [6.07, 6.45) is 5.51. The lowest BCUT2D eigenvalue weighted by atomic mass is 9.58. The Balaban J connectivity index is 2.57. The van der Waals surface area contributed by atoms with Gasteiger partial charge in [0.1, 0.15) is 5.75 Å². The van der Waals surface area contributed by atoms with E-state index >= 15 is 0 Å². The van der Waals surface area contributed by atoms with Gasteiger partial charge in [-0.05, 0) is 36.2 Å². The fourth-order valence-electron chi connectivity index (χ4n) is 3.99. The van der Waals surface area contributed by atoms with Crippen molar-refractivity contribution in [3.8, 4) is 5.75 Å². The number of nitrogens with one attached hydrogen (secondary N) is 1. The van der Waals surface area contributed by atoms with Crippen molar-refractivity contribution in [3.63, 3.8) is 0 Å². The van der Waals surface area contributed by atoms with E-state index in [1.54, 1.807) is 6.07 Å². The minimum absolute atomic E-state index is 0.0196. The average molecular weight is 261 g/mol. The molecule has 0 saturated heterocycles. The van der Waals surface area contributed by atoms with E-state index in [9.17, 15) is 9.90 Å². The van der Waals surface area contributed by atoms with Crippen LogP contribution in [-0.2, 0) is 0 Å². The topological polar surface area (TPSA) is 53.1 Å². The molecule has 2 rings (SSSR count). The second-order valence-electron chi connectivity index (χ2n) is 6.32. The van der Waals surface area contributed by atoms with Gasteiger partial charge in [0, 0.05) is 12.1 Å². The lowest BCUT2D eigenvalue weighted by Gasteiger charge is -2.46. The van der Waals surface area contributed by atoms with Crippen molar-refractivity contribution in [2.75, 3.05) is 0 Å². The predicted octanol–water partition coefficient (Wildman–Crippen LogP) is 3.42. The number of aromatic amines is 1. The molecule has 1 heterocycles. The zero-order chi connectivity index (χ0) is 14.2. The van der Waals surface area contributed by atoms with Crippen LogP contribution in [0.2, 0.25) is 0 Å². The Morgan fingerprint density at radius 2 is 2.21 bits per heavy atom. The molecule has 1 aromatic heterocycles. The Hall–Kier alpha value is -1.51. The van der Waals surface area contributed by atoms with Gasteiger partial charge in [-0.3, -0.25) is 4.79 Å². The molecule has 0 bridgehead atoms. The predicted molar refractivity (Wildman–Crippen MR) is 77.3 cm³/mol. The number of rotatable bonds is 2. The van der Waals surface area contributed by atoms with E-state index in [0.717, 1.165) is 12.8 Å². The van der Waals surface area contributed by atoms with Crippen LogP contribution >= 0.6 is 0 Å². The molecule has 3 heteroatoms. The minimum Gasteiger partial charge on any atom is -0.507 e. The molecule has 0 aromatic carbocycles. The third-order valence-corrected chi connectivity index (χ3v) is 4.60. The summed E-state index contributed by atoms with van der Waals surface area (Å²) in [7, 11) is 0. The van der Waals surface area contributed by atoms with Crippen LogP contribution in [-0.4, -0.2) is 10.1 Å². The van der Waals surface area contributed by atoms with Gasteiger partial charge in [-0.15, -0.1) is 6.58 Å². The van der Waals surface area contributed by atoms with Crippen LogP contribution in [0.3, 0.4) is 0 Å². The van der Waals surface area contributed by atoms with Gasteiger partial charge in [0.15, 0.2) is 0 Å². The van der Waals surface area contributed by atoms with E-state index in [1.807, 2.05) is 6.08 Å². The van der Waals surface area contributed by atoms with Gasteiger partial charge in [-0.2, -0.15) is 0 Å². The van der Waals surface area contributed by atoms with Gasteiger partial charge >= 0.3 is 0 Å². The first-order valence-corrected chi connectivity index (χ1v) is 6.93. The Kier molecular flexibility index (Phi) is 3.57. The lowest BCUT2D eigenvalue weighted by molar-refractivity contribution is 0.128. The molecule has 1 fully saturated rings. The fraction of sp³-hybridized carbons (Fsp3) is 0.562. The molecule has 19 heavy (non-hydrogen) atoms. The first-order chi connectivity index (χ1) is 8.89. The highest BCUT2D eigenvalue weighted by Gasteiger charge is 2.44. The molecule has 1 aliphatic rings. The molecule has 1 saturated carbocycles. The first kappa shape index (κ1) is 13.9. The third-order valence-electron chi connectivity index (χ3n) is 4.60. The van der Waals surface area contributed by atoms with Gasteiger partial charge < -0.3 is 10.1 Å². The van der Waals surface area contributed by atoms with Crippen LogP contribution in [0.5, 0.6) is 5.75 Å². The van der Waals surface area contributed by atoms with Crippen molar-refractivity contribution < 1.29 is 5.11 Å². The summed E-state index contributed by atoms with van der Waals surface area (Å²) in [4.78, 5) is 14.8. The number of H-pyrrole nitrogens is 1. The Morgan fingerprint density at radius 1 is 1.53 bits per heavy atom. The Labute approximate surface area is 114 Å². The van der Waals surface area contributed by atoms with E-state index in [-0.39, 0.29) is 22.6 Å². The van der Waals surface area contributed by atoms with Crippen LogP contribution in [0.25, 0.3) is 0 Å². The fourth-order valence-corrected chi connectivity index (χ4v) is 3.99. The molecule has 2 N–H and O–H groups in total. The molecular formula is C16H23NO2. The van der Waals surface area contributed by atoms with Gasteiger partial charge in [0.2, 0.25) is 0 Å². The highest BCUT2D eigenvalue weighted by atomic mass is 16.3. The van der Waals surface area contributed by atoms with Crippen LogP contribution in [0.15, 0.2) is 29.7 Å². The van der Waals surface area contributed by atoms with Crippen molar-refractivity contribution in [2.24, 2.45) is 17.3 Å². The van der Waals surface area contributed by atoms with Crippen LogP contribution in [0.1, 0.15) is 45.1 Å². The molecule has 1 aromatic rings. The van der Waals surface area contributed by atoms with Crippen molar-refractivity contribution >= 4 is 0 Å². The van der Waals surface area contributed by atoms with Gasteiger partial charge in [0.25, 0.3) is 5.56 Å². The maximum absolute atomic E-state index is 12.1. The molecule has 0 aliphatic heterocycles. The molecule has 3 nitrogen and oxygen atoms in total. The third kappa shape index (κ3) is 2.34. The van der Waals surface area contributed by atoms with Crippen LogP contribution < -0.4 is 5.56 Å². The van der Waals surface area contributed by atoms with Crippen molar-refractivity contribution in [2.45, 2.75) is 39.5 Å². The van der Waals surface area contributed by atoms with Crippen molar-refractivity contribution in [3.05, 3.63) is 40.8 Å². The van der Waals surface area contributed by atoms with Crippen LogP contribution in [0, 0.1) is 17.3 Å². The standard InChI is InChI=1S/C16H23NO2/c1-5-16(4)9-10(2)8-11(3)14(16)13-12(18)6-7-17-15(13)19/h5-7,10-11,14H,1,8-9H2,2-4H3,(H2,17,18,19)/t10-,11+,14+,16-/m1/s1. The Bertz CT molecular complexity index is 534. The van der Waals surface area contributed by atoms with Crippen molar-refractivity contribution in [1.29, 1.82) is 0 Å². The summed E-state index contributed by atoms with van der Waals surface area (Å²) in [6.45, 7) is 10.5. The number of hydrogen-bond donors (Lipinski definition) is 2. The smallest absolute Gasteiger partial charge is 0.255 e. The minimum atomic E-state index is -0.181. The van der Waals surface area contributed by atoms with Crippen LogP contribution in [0.4, 0.5) is 0 Å². The van der Waals surface area contributed by atoms with E-state index in [0.29, 0.717) is 17.4 Å². The molecule has 0 spiro atoms. The summed E-state index contributed by atoms with van der Waals surface area (Å²) in [5, 5.41) is 10.1. The average Bonchev–Trinajstić information content (AvgIpc) is 2.32. The number of aromatic hydroxyl groups is 1. The van der Waals surface area contributed by atoms with E-state index in [2.05, 4.69) is 32.3 Å². The van der Waals surface area contributed by atoms with Gasteiger partial charge in [-0.1, -0.05) is 26.8 Å². The second-order valence-corrected chi connectivity index (χ2v) is 6.32. The highest BCUT2D eigenvalue weighted by molar-refractivity contribution is 5.35. The Morgan fingerprint density at radius 3 is 2.79 bits per heavy atom. The van der Waals surface area contributed by atoms with Gasteiger partial charge in [-0.25, -0.2) is 0 Å². The maximum Gasteiger partial charge on any atom is 0.255 e. The zero-order valence-corrected chi connectivity index (χ0v) is 11.9. The summed E-state index contributed by atoms with van der Waals surface area (Å²) in [5.74, 6) is 1.08. The summed E-state index contributed by atoms with van der Waals surface area (Å²) >= 11 is 0. The highest BCUT2D eigenvalue weighted by Crippen LogP contribution is 2.53. The van der Waals surface area contributed by atoms with E-state index < -0.39 is 0 Å². The first-order valence-electron chi connectivity index (χ1n) is 6.93. The van der Waals surface area contributed by atoms with Gasteiger partial charge in [0.05, 0.1) is 5.56 Å². The molecule has 0 amide bonds. The zero-order valence-electron chi connectivity index (χ0n) is 11.9. The maximum atomic E-state index is 12.1. The summed E-state index contributed by atoms with van der Waals surface area (Å²) in [6, 6.07) is 1.56. The molecule has 1 aliphatic carbocycles. The molecule has 4 atom stereocenters. The quantitative estimate of drug-likeness (QED) is 0.801. The number of hydrogen-bond acceptors (Lipinski definition) is 2. The normalized spacial score (nSPS) is 35.0. The molecule has 0 unspecified atom stereocenters. The molecule has 0 radical (unpaired) electrons. The number of aromatic nitrogens is 1. The van der Waals surface area contributed by atoms with E-state index in [1.165, 1.54) is 6.20 Å². The largest absolute Gasteiger partial charge is 0.507 e. The molecule has 104 valence electrons. The lowest BCUT2D eigenvalue weighted by Crippen LogP contribution is -2.38. The second kappa shape index (κ2) is 4.87. The SMILES string of the molecule is C=C[C@]1(C)C[C@H](C)C[C@H](C)[C@H]1c1c(O)cc[nH]c1=O. The monoisotopic (exact) mass is 261 g/mol. The summed E-state index contributed by atoms with van der Waals surface area (Å²) in [5.41, 5.74) is 0.187. The van der Waals surface area contributed by atoms with E-state index in [4.69, 9.17) is 0 Å². The molecular weight excluding hydrogens is 238 g/mol. The number of pyridine rings is 1. The summed E-state index contributed by atoms with van der Waals surface area (Å²) < 4.78 is 0. The van der Waals surface area contributed by atoms with Crippen molar-refractivity contribution in [1.82, 2.24) is 4.98 Å². The number of allylic oxidation sites excluding steroid dienone is 1.